The maximum Gasteiger partial charge on any atom is 0.159 e. The van der Waals surface area contributed by atoms with E-state index in [4.69, 9.17) is 4.42 Å². The molecule has 0 atom stereocenters. The van der Waals surface area contributed by atoms with E-state index in [0.717, 1.165) is 39.0 Å². The number of hydrogen-bond acceptors (Lipinski definition) is 2. The zero-order valence-electron chi connectivity index (χ0n) is 42.3. The van der Waals surface area contributed by atoms with Crippen molar-refractivity contribution in [1.82, 2.24) is 8.80 Å². The number of aryl methyl sites for hydroxylation is 1. The molecule has 0 saturated carbocycles. The van der Waals surface area contributed by atoms with Gasteiger partial charge < -0.3 is 18.1 Å². The maximum atomic E-state index is 6.86. The molecule has 5 aromatic heterocycles. The molecule has 5 heterocycles. The van der Waals surface area contributed by atoms with Gasteiger partial charge in [-0.2, -0.15) is 0 Å². The first-order chi connectivity index (χ1) is 34.0. The van der Waals surface area contributed by atoms with Gasteiger partial charge in [-0.15, -0.1) is 0 Å². The molecular weight excluding hydrogens is 863 g/mol. The Balaban J connectivity index is 1.10. The van der Waals surface area contributed by atoms with Crippen molar-refractivity contribution in [1.29, 1.82) is 0 Å². The number of para-hydroxylation sites is 2. The van der Waals surface area contributed by atoms with E-state index in [2.05, 4.69) is 247 Å². The number of anilines is 3. The first-order valence-electron chi connectivity index (χ1n) is 25.3. The lowest BCUT2D eigenvalue weighted by atomic mass is 9.84. The fourth-order valence-corrected chi connectivity index (χ4v) is 12.0. The molecule has 0 aliphatic carbocycles. The molecule has 0 saturated heterocycles. The number of nitrogens with zero attached hydrogens (tertiary/aromatic N) is 3. The largest absolute Gasteiger partial charge is 0.454 e. The third kappa shape index (κ3) is 5.97. The minimum Gasteiger partial charge on any atom is -0.454 e. The second-order valence-electron chi connectivity index (χ2n) is 23.5. The number of furan rings is 1. The van der Waals surface area contributed by atoms with Crippen LogP contribution in [0.25, 0.3) is 109 Å². The number of benzene rings is 9. The van der Waals surface area contributed by atoms with Crippen LogP contribution in [0.5, 0.6) is 0 Å². The summed E-state index contributed by atoms with van der Waals surface area (Å²) in [5, 5.41) is 12.6. The second-order valence-corrected chi connectivity index (χ2v) is 23.5. The number of rotatable bonds is 4. The Morgan fingerprint density at radius 1 is 0.366 bits per heavy atom. The quantitative estimate of drug-likeness (QED) is 0.176. The zero-order chi connectivity index (χ0) is 48.6. The standard InChI is InChI=1S/C67H57N3O/c1-38-23-24-40(39-17-12-11-13-18-39)29-57(38)68(56-21-16-20-47-46-19-14-15-22-61(46)71-64(47)56)44-26-27-45-51-31-42(66(5,6)7)33-53-50-36-59-49(37-60(50)70(62(51)53)58(45)35-44)54-34-43(67(8,9)10)32-52-48-30-41(65(2,3)4)25-28-55(48)69(59)63(52)54/h11-37H,1-10H3. The van der Waals surface area contributed by atoms with Crippen LogP contribution in [0.2, 0.25) is 0 Å². The molecule has 4 heteroatoms. The predicted octanol–water partition coefficient (Wildman–Crippen LogP) is 19.2. The average molecular weight is 920 g/mol. The maximum absolute atomic E-state index is 6.86. The summed E-state index contributed by atoms with van der Waals surface area (Å²) < 4.78 is 12.0. The van der Waals surface area contributed by atoms with E-state index in [9.17, 15) is 0 Å². The lowest BCUT2D eigenvalue weighted by Crippen LogP contribution is -2.12. The molecule has 0 aliphatic rings. The van der Waals surface area contributed by atoms with Crippen molar-refractivity contribution in [2.75, 3.05) is 4.90 Å². The minimum absolute atomic E-state index is 0.0312. The van der Waals surface area contributed by atoms with Crippen LogP contribution < -0.4 is 4.90 Å². The van der Waals surface area contributed by atoms with Crippen LogP contribution in [0.4, 0.5) is 17.1 Å². The summed E-state index contributed by atoms with van der Waals surface area (Å²) in [6.45, 7) is 23.3. The van der Waals surface area contributed by atoms with E-state index >= 15 is 0 Å². The highest BCUT2D eigenvalue weighted by atomic mass is 16.3. The first kappa shape index (κ1) is 42.1. The summed E-state index contributed by atoms with van der Waals surface area (Å²) >= 11 is 0. The highest BCUT2D eigenvalue weighted by Gasteiger charge is 2.29. The van der Waals surface area contributed by atoms with Crippen molar-refractivity contribution in [2.24, 2.45) is 0 Å². The molecule has 4 nitrogen and oxygen atoms in total. The van der Waals surface area contributed by atoms with Crippen molar-refractivity contribution < 1.29 is 4.42 Å². The third-order valence-electron chi connectivity index (χ3n) is 15.9. The Hall–Kier alpha value is -7.82. The topological polar surface area (TPSA) is 25.2 Å². The van der Waals surface area contributed by atoms with Gasteiger partial charge in [0.05, 0.1) is 38.8 Å². The molecule has 0 N–H and O–H groups in total. The Kier molecular flexibility index (Phi) is 8.40. The van der Waals surface area contributed by atoms with E-state index in [-0.39, 0.29) is 16.2 Å². The molecule has 0 aliphatic heterocycles. The van der Waals surface area contributed by atoms with Crippen LogP contribution in [0.1, 0.15) is 84.6 Å². The number of aromatic nitrogens is 2. The lowest BCUT2D eigenvalue weighted by Gasteiger charge is -2.28. The molecule has 14 aromatic rings. The number of hydrogen-bond donors (Lipinski definition) is 0. The van der Waals surface area contributed by atoms with Crippen molar-refractivity contribution >= 4 is 115 Å². The van der Waals surface area contributed by atoms with E-state index in [1.165, 1.54) is 110 Å². The molecule has 0 amide bonds. The van der Waals surface area contributed by atoms with Crippen molar-refractivity contribution in [3.8, 4) is 11.1 Å². The van der Waals surface area contributed by atoms with Gasteiger partial charge in [0.25, 0.3) is 0 Å². The highest BCUT2D eigenvalue weighted by molar-refractivity contribution is 6.29. The number of fused-ring (bicyclic) bond motifs is 15. The van der Waals surface area contributed by atoms with Crippen molar-refractivity contribution in [3.63, 3.8) is 0 Å². The van der Waals surface area contributed by atoms with Gasteiger partial charge in [0.1, 0.15) is 5.58 Å². The van der Waals surface area contributed by atoms with Gasteiger partial charge in [-0.05, 0) is 135 Å². The fourth-order valence-electron chi connectivity index (χ4n) is 12.0. The van der Waals surface area contributed by atoms with E-state index < -0.39 is 0 Å². The monoisotopic (exact) mass is 919 g/mol. The molecule has 0 bridgehead atoms. The Morgan fingerprint density at radius 2 is 0.915 bits per heavy atom. The average Bonchev–Trinajstić information content (AvgIpc) is 4.15. The highest BCUT2D eigenvalue weighted by Crippen LogP contribution is 2.50. The Bertz CT molecular complexity index is 4520. The van der Waals surface area contributed by atoms with Crippen molar-refractivity contribution in [2.45, 2.75) is 85.5 Å². The molecule has 0 radical (unpaired) electrons. The molecule has 9 aromatic carbocycles. The molecule has 0 unspecified atom stereocenters. The molecule has 0 fully saturated rings. The fraction of sp³-hybridized carbons (Fsp3) is 0.194. The SMILES string of the molecule is Cc1ccc(-c2ccccc2)cc1N(c1ccc2c3cc(C(C)(C)C)cc4c5cc6c(cc5n(c2c1)c34)c1cc(C(C)(C)C)cc2c3cc(C(C)(C)C)ccc3n6c21)c1cccc2c1oc1ccccc12. The Morgan fingerprint density at radius 3 is 1.56 bits per heavy atom. The van der Waals surface area contributed by atoms with Crippen LogP contribution >= 0.6 is 0 Å². The predicted molar refractivity (Wildman–Crippen MR) is 304 cm³/mol. The zero-order valence-corrected chi connectivity index (χ0v) is 42.3. The molecule has 71 heavy (non-hydrogen) atoms. The summed E-state index contributed by atoms with van der Waals surface area (Å²) in [6.07, 6.45) is 0. The summed E-state index contributed by atoms with van der Waals surface area (Å²) in [5.74, 6) is 0. The minimum atomic E-state index is -0.0605. The Labute approximate surface area is 414 Å². The summed E-state index contributed by atoms with van der Waals surface area (Å²) in [5.41, 5.74) is 20.0. The molecule has 14 rings (SSSR count). The van der Waals surface area contributed by atoms with Gasteiger partial charge in [0, 0.05) is 65.2 Å². The van der Waals surface area contributed by atoms with Crippen LogP contribution in [0.3, 0.4) is 0 Å². The molecule has 0 spiro atoms. The van der Waals surface area contributed by atoms with E-state index in [1.54, 1.807) is 0 Å². The van der Waals surface area contributed by atoms with Gasteiger partial charge >= 0.3 is 0 Å². The van der Waals surface area contributed by atoms with Gasteiger partial charge in [-0.25, -0.2) is 0 Å². The summed E-state index contributed by atoms with van der Waals surface area (Å²) in [7, 11) is 0. The van der Waals surface area contributed by atoms with E-state index in [0.29, 0.717) is 0 Å². The van der Waals surface area contributed by atoms with E-state index in [1.807, 2.05) is 0 Å². The van der Waals surface area contributed by atoms with Crippen LogP contribution in [-0.4, -0.2) is 8.80 Å². The smallest absolute Gasteiger partial charge is 0.159 e. The van der Waals surface area contributed by atoms with Crippen molar-refractivity contribution in [3.05, 3.63) is 186 Å². The van der Waals surface area contributed by atoms with Gasteiger partial charge in [0.15, 0.2) is 5.58 Å². The van der Waals surface area contributed by atoms with Gasteiger partial charge in [-0.3, -0.25) is 0 Å². The second kappa shape index (κ2) is 14.2. The van der Waals surface area contributed by atoms with Crippen LogP contribution in [-0.2, 0) is 16.2 Å². The lowest BCUT2D eigenvalue weighted by molar-refractivity contribution is 0.590. The third-order valence-corrected chi connectivity index (χ3v) is 15.9. The summed E-state index contributed by atoms with van der Waals surface area (Å²) in [4.78, 5) is 2.44. The van der Waals surface area contributed by atoms with Crippen LogP contribution in [0.15, 0.2) is 168 Å². The van der Waals surface area contributed by atoms with Gasteiger partial charge in [-0.1, -0.05) is 147 Å². The summed E-state index contributed by atoms with van der Waals surface area (Å²) in [6, 6.07) is 61.9. The molecular formula is C67H57N3O. The molecule has 346 valence electrons. The first-order valence-corrected chi connectivity index (χ1v) is 25.3. The van der Waals surface area contributed by atoms with Crippen LogP contribution in [0, 0.1) is 6.92 Å². The normalized spacial score (nSPS) is 13.2. The van der Waals surface area contributed by atoms with Gasteiger partial charge in [0.2, 0.25) is 0 Å².